The Morgan fingerprint density at radius 2 is 1.48 bits per heavy atom. The van der Waals surface area contributed by atoms with E-state index in [-0.39, 0.29) is 5.97 Å². The summed E-state index contributed by atoms with van der Waals surface area (Å²) in [6.07, 6.45) is 7.80. The Bertz CT molecular complexity index is 535. The second kappa shape index (κ2) is 13.5. The zero-order valence-electron chi connectivity index (χ0n) is 18.2. The molecule has 0 aliphatic rings. The molecule has 0 atom stereocenters. The molecule has 0 N–H and O–H groups in total. The van der Waals surface area contributed by atoms with E-state index in [0.29, 0.717) is 17.9 Å². The summed E-state index contributed by atoms with van der Waals surface area (Å²) in [4.78, 5) is 12.7. The van der Waals surface area contributed by atoms with E-state index in [4.69, 9.17) is 9.47 Å². The van der Waals surface area contributed by atoms with Gasteiger partial charge in [-0.05, 0) is 0 Å². The van der Waals surface area contributed by atoms with Crippen LogP contribution in [0.25, 0.3) is 0 Å². The maximum absolute atomic E-state index is 12.7. The van der Waals surface area contributed by atoms with E-state index in [9.17, 15) is 4.79 Å². The summed E-state index contributed by atoms with van der Waals surface area (Å²) in [6.45, 7) is 9.15. The number of hydrogen-bond donors (Lipinski definition) is 0. The molecular weight excluding hydrogens is 443 g/mol. The van der Waals surface area contributed by atoms with E-state index in [1.165, 1.54) is 57.4 Å². The van der Waals surface area contributed by atoms with Gasteiger partial charge in [0.25, 0.3) is 0 Å². The number of esters is 1. The van der Waals surface area contributed by atoms with Gasteiger partial charge < -0.3 is 0 Å². The molecule has 0 saturated heterocycles. The summed E-state index contributed by atoms with van der Waals surface area (Å²) in [5.41, 5.74) is 1.85. The Morgan fingerprint density at radius 1 is 0.926 bits per heavy atom. The van der Waals surface area contributed by atoms with Crippen LogP contribution in [0.4, 0.5) is 0 Å². The second-order valence-electron chi connectivity index (χ2n) is 7.70. The van der Waals surface area contributed by atoms with Gasteiger partial charge in [0.2, 0.25) is 0 Å². The summed E-state index contributed by atoms with van der Waals surface area (Å²) < 4.78 is 16.4. The fourth-order valence-electron chi connectivity index (χ4n) is 4.03. The molecule has 1 aromatic rings. The van der Waals surface area contributed by atoms with Crippen molar-refractivity contribution in [2.45, 2.75) is 84.0 Å². The molecule has 4 heteroatoms. The van der Waals surface area contributed by atoms with Gasteiger partial charge >= 0.3 is 171 Å². The van der Waals surface area contributed by atoms with Crippen molar-refractivity contribution in [2.75, 3.05) is 13.7 Å². The molecule has 0 saturated carbocycles. The SMILES string of the molecule is CCC[CH2][Sn]([CH2]CCC)([CH2]CCC)[CH2]c1cccc(OC)c1C(=O)OCC. The van der Waals surface area contributed by atoms with Gasteiger partial charge in [-0.1, -0.05) is 0 Å². The van der Waals surface area contributed by atoms with Crippen LogP contribution in [0.5, 0.6) is 5.75 Å². The molecule has 3 nitrogen and oxygen atoms in total. The van der Waals surface area contributed by atoms with Crippen LogP contribution in [-0.4, -0.2) is 38.1 Å². The average molecular weight is 483 g/mol. The van der Waals surface area contributed by atoms with Gasteiger partial charge in [0, 0.05) is 0 Å². The predicted octanol–water partition coefficient (Wildman–Crippen LogP) is 6.80. The van der Waals surface area contributed by atoms with Gasteiger partial charge in [-0.2, -0.15) is 0 Å². The number of unbranched alkanes of at least 4 members (excludes halogenated alkanes) is 3. The average Bonchev–Trinajstić information content (AvgIpc) is 2.68. The molecule has 0 radical (unpaired) electrons. The van der Waals surface area contributed by atoms with Crippen molar-refractivity contribution in [3.05, 3.63) is 29.3 Å². The molecule has 1 rings (SSSR count). The Morgan fingerprint density at radius 3 is 1.93 bits per heavy atom. The third-order valence-electron chi connectivity index (χ3n) is 5.56. The summed E-state index contributed by atoms with van der Waals surface area (Å²) in [5.74, 6) is 0.430. The Labute approximate surface area is 171 Å². The van der Waals surface area contributed by atoms with Crippen LogP contribution in [0.3, 0.4) is 0 Å². The first-order valence-corrected chi connectivity index (χ1v) is 19.0. The Kier molecular flexibility index (Phi) is 12.1. The first kappa shape index (κ1) is 24.3. The molecule has 1 aromatic carbocycles. The molecule has 27 heavy (non-hydrogen) atoms. The number of ether oxygens (including phenoxy) is 2. The van der Waals surface area contributed by atoms with Gasteiger partial charge in [-0.15, -0.1) is 0 Å². The van der Waals surface area contributed by atoms with Crippen molar-refractivity contribution in [3.8, 4) is 5.75 Å². The number of hydrogen-bond acceptors (Lipinski definition) is 3. The molecule has 0 aliphatic heterocycles. The van der Waals surface area contributed by atoms with Gasteiger partial charge in [0.15, 0.2) is 0 Å². The normalized spacial score (nSPS) is 11.4. The summed E-state index contributed by atoms with van der Waals surface area (Å²) in [7, 11) is 1.64. The third-order valence-corrected chi connectivity index (χ3v) is 20.9. The molecule has 0 amide bonds. The summed E-state index contributed by atoms with van der Waals surface area (Å²) in [6, 6.07) is 6.06. The number of rotatable bonds is 14. The van der Waals surface area contributed by atoms with Crippen molar-refractivity contribution in [2.24, 2.45) is 0 Å². The Hall–Kier alpha value is -0.711. The standard InChI is InChI=1S/C11H13O3.3C4H9.Sn/c1-4-14-11(12)10-8(2)6-5-7-9(10)13-3;3*1-3-4-2;/h5-7H,2,4H2,1,3H3;3*1,3-4H2,2H3;. The molecule has 0 unspecified atom stereocenters. The van der Waals surface area contributed by atoms with Crippen molar-refractivity contribution in [3.63, 3.8) is 0 Å². The minimum atomic E-state index is -2.40. The van der Waals surface area contributed by atoms with Crippen molar-refractivity contribution in [1.29, 1.82) is 0 Å². The van der Waals surface area contributed by atoms with Crippen LogP contribution < -0.4 is 4.74 Å². The van der Waals surface area contributed by atoms with Crippen molar-refractivity contribution < 1.29 is 14.3 Å². The first-order valence-electron chi connectivity index (χ1n) is 10.9. The zero-order valence-corrected chi connectivity index (χ0v) is 21.1. The number of carbonyl (C=O) groups excluding carboxylic acids is 1. The molecule has 0 aliphatic carbocycles. The van der Waals surface area contributed by atoms with Gasteiger partial charge in [0.05, 0.1) is 0 Å². The number of carbonyl (C=O) groups is 1. The third kappa shape index (κ3) is 7.67. The van der Waals surface area contributed by atoms with Crippen LogP contribution in [-0.2, 0) is 9.17 Å². The monoisotopic (exact) mass is 484 g/mol. The van der Waals surface area contributed by atoms with Crippen molar-refractivity contribution in [1.82, 2.24) is 0 Å². The second-order valence-corrected chi connectivity index (χ2v) is 21.6. The fourth-order valence-corrected chi connectivity index (χ4v) is 20.3. The molecule has 154 valence electrons. The van der Waals surface area contributed by atoms with E-state index in [1.54, 1.807) is 7.11 Å². The summed E-state index contributed by atoms with van der Waals surface area (Å²) >= 11 is -2.40. The fraction of sp³-hybridized carbons (Fsp3) is 0.696. The molecule has 0 bridgehead atoms. The van der Waals surface area contributed by atoms with E-state index < -0.39 is 18.4 Å². The van der Waals surface area contributed by atoms with Crippen LogP contribution in [0.15, 0.2) is 18.2 Å². The van der Waals surface area contributed by atoms with E-state index >= 15 is 0 Å². The van der Waals surface area contributed by atoms with Crippen molar-refractivity contribution >= 4 is 24.3 Å². The molecule has 0 heterocycles. The molecular formula is C23H40O3Sn. The topological polar surface area (TPSA) is 35.5 Å². The Balaban J connectivity index is 3.29. The number of methoxy groups -OCH3 is 1. The van der Waals surface area contributed by atoms with Crippen LogP contribution in [0.1, 0.15) is 82.1 Å². The first-order chi connectivity index (χ1) is 13.1. The van der Waals surface area contributed by atoms with Crippen LogP contribution in [0.2, 0.25) is 13.3 Å². The minimum absolute atomic E-state index is 0.230. The van der Waals surface area contributed by atoms with Gasteiger partial charge in [-0.25, -0.2) is 0 Å². The van der Waals surface area contributed by atoms with Crippen LogP contribution >= 0.6 is 0 Å². The molecule has 0 fully saturated rings. The quantitative estimate of drug-likeness (QED) is 0.216. The number of benzene rings is 1. The maximum atomic E-state index is 12.7. The van der Waals surface area contributed by atoms with E-state index in [0.717, 1.165) is 4.44 Å². The predicted molar refractivity (Wildman–Crippen MR) is 118 cm³/mol. The summed E-state index contributed by atoms with van der Waals surface area (Å²) in [5, 5.41) is 0. The molecule has 0 spiro atoms. The molecule has 0 aromatic heterocycles. The van der Waals surface area contributed by atoms with Crippen LogP contribution in [0, 0.1) is 0 Å². The van der Waals surface area contributed by atoms with E-state index in [1.807, 2.05) is 19.1 Å². The van der Waals surface area contributed by atoms with Gasteiger partial charge in [0.1, 0.15) is 0 Å². The van der Waals surface area contributed by atoms with Gasteiger partial charge in [-0.3, -0.25) is 0 Å². The van der Waals surface area contributed by atoms with E-state index in [2.05, 4.69) is 26.8 Å². The zero-order chi connectivity index (χ0) is 20.1.